The maximum Gasteiger partial charge on any atom is 0.338 e. The van der Waals surface area contributed by atoms with Crippen LogP contribution in [0.4, 0.5) is 11.4 Å². The number of nitrogens with one attached hydrogen (secondary N) is 1. The van der Waals surface area contributed by atoms with Gasteiger partial charge in [0, 0.05) is 12.1 Å². The third kappa shape index (κ3) is 7.76. The fraction of sp³-hybridized carbons (Fsp3) is 0.258. The van der Waals surface area contributed by atoms with Gasteiger partial charge in [-0.05, 0) is 80.1 Å². The van der Waals surface area contributed by atoms with E-state index in [0.29, 0.717) is 33.4 Å². The number of esters is 2. The number of carbonyl (C=O) groups is 4. The summed E-state index contributed by atoms with van der Waals surface area (Å²) in [5, 5.41) is 2.43. The van der Waals surface area contributed by atoms with Crippen molar-refractivity contribution >= 4 is 52.1 Å². The second kappa shape index (κ2) is 14.3. The first-order valence-electron chi connectivity index (χ1n) is 13.3. The molecule has 1 unspecified atom stereocenters. The number of nitrogens with zero attached hydrogens (tertiary/aromatic N) is 2. The van der Waals surface area contributed by atoms with Crippen LogP contribution in [0.5, 0.6) is 5.75 Å². The number of ether oxygens (including phenoxy) is 3. The Morgan fingerprint density at radius 3 is 2.00 bits per heavy atom. The molecule has 0 bridgehead atoms. The van der Waals surface area contributed by atoms with Crippen LogP contribution in [-0.2, 0) is 25.6 Å². The standard InChI is InChI=1S/C31H31N3O7S/c1-4-40-29(37)21-8-12-23(13-9-21)32-28(36)26-18-27(35)34(19-20-6-16-25(39-3)17-7-20)31(42-26)33-24-14-10-22(11-15-24)30(38)41-5-2/h6-17,26H,4-5,18-19H2,1-3H3,(H,32,36). The van der Waals surface area contributed by atoms with Gasteiger partial charge in [-0.25, -0.2) is 14.6 Å². The molecule has 4 rings (SSSR count). The molecular weight excluding hydrogens is 558 g/mol. The smallest absolute Gasteiger partial charge is 0.338 e. The average Bonchev–Trinajstić information content (AvgIpc) is 3.00. The van der Waals surface area contributed by atoms with Crippen molar-refractivity contribution in [2.24, 2.45) is 4.99 Å². The number of methoxy groups -OCH3 is 1. The summed E-state index contributed by atoms with van der Waals surface area (Å²) in [5.41, 5.74) is 2.60. The van der Waals surface area contributed by atoms with Gasteiger partial charge in [-0.2, -0.15) is 0 Å². The van der Waals surface area contributed by atoms with E-state index in [2.05, 4.69) is 5.32 Å². The minimum absolute atomic E-state index is 0.0334. The Kier molecular flexibility index (Phi) is 10.3. The van der Waals surface area contributed by atoms with Gasteiger partial charge in [0.2, 0.25) is 11.8 Å². The molecule has 1 heterocycles. The van der Waals surface area contributed by atoms with Crippen molar-refractivity contribution in [2.45, 2.75) is 32.1 Å². The number of hydrogen-bond acceptors (Lipinski definition) is 9. The maximum absolute atomic E-state index is 13.4. The summed E-state index contributed by atoms with van der Waals surface area (Å²) < 4.78 is 15.3. The first-order valence-corrected chi connectivity index (χ1v) is 14.2. The van der Waals surface area contributed by atoms with Crippen LogP contribution in [0.25, 0.3) is 0 Å². The molecule has 1 N–H and O–H groups in total. The van der Waals surface area contributed by atoms with Crippen LogP contribution in [0.2, 0.25) is 0 Å². The van der Waals surface area contributed by atoms with Gasteiger partial charge in [0.15, 0.2) is 5.17 Å². The van der Waals surface area contributed by atoms with Crippen LogP contribution in [0.15, 0.2) is 77.8 Å². The van der Waals surface area contributed by atoms with Crippen molar-refractivity contribution < 1.29 is 33.4 Å². The number of rotatable bonds is 10. The van der Waals surface area contributed by atoms with Gasteiger partial charge in [-0.15, -0.1) is 0 Å². The highest BCUT2D eigenvalue weighted by Crippen LogP contribution is 2.31. The van der Waals surface area contributed by atoms with E-state index in [1.54, 1.807) is 74.4 Å². The lowest BCUT2D eigenvalue weighted by atomic mass is 10.1. The average molecular weight is 590 g/mol. The summed E-state index contributed by atoms with van der Waals surface area (Å²) in [6.07, 6.45) is -0.0334. The van der Waals surface area contributed by atoms with Crippen molar-refractivity contribution in [1.29, 1.82) is 0 Å². The van der Waals surface area contributed by atoms with Gasteiger partial charge >= 0.3 is 11.9 Å². The number of amides is 2. The number of hydrogen-bond donors (Lipinski definition) is 1. The fourth-order valence-corrected chi connectivity index (χ4v) is 5.13. The molecule has 0 aliphatic carbocycles. The molecule has 0 radical (unpaired) electrons. The van der Waals surface area contributed by atoms with Crippen LogP contribution in [0.3, 0.4) is 0 Å². The minimum atomic E-state index is -0.744. The van der Waals surface area contributed by atoms with Crippen molar-refractivity contribution in [3.63, 3.8) is 0 Å². The Morgan fingerprint density at radius 2 is 1.45 bits per heavy atom. The molecule has 1 aliphatic heterocycles. The Bertz CT molecular complexity index is 1460. The third-order valence-corrected chi connectivity index (χ3v) is 7.39. The summed E-state index contributed by atoms with van der Waals surface area (Å²) in [4.78, 5) is 56.8. The predicted molar refractivity (Wildman–Crippen MR) is 160 cm³/mol. The molecule has 3 aromatic carbocycles. The molecule has 0 saturated carbocycles. The molecule has 1 atom stereocenters. The number of carbonyl (C=O) groups excluding carboxylic acids is 4. The monoisotopic (exact) mass is 589 g/mol. The Labute approximate surface area is 248 Å². The maximum atomic E-state index is 13.4. The van der Waals surface area contributed by atoms with Gasteiger partial charge in [0.1, 0.15) is 11.0 Å². The summed E-state index contributed by atoms with van der Waals surface area (Å²) >= 11 is 1.18. The van der Waals surface area contributed by atoms with Crippen molar-refractivity contribution in [3.8, 4) is 5.75 Å². The normalized spacial score (nSPS) is 15.7. The fourth-order valence-electron chi connectivity index (χ4n) is 4.03. The van der Waals surface area contributed by atoms with Crippen molar-refractivity contribution in [3.05, 3.63) is 89.5 Å². The lowest BCUT2D eigenvalue weighted by Gasteiger charge is -2.32. The molecule has 1 saturated heterocycles. The van der Waals surface area contributed by atoms with Crippen LogP contribution in [-0.4, -0.2) is 59.4 Å². The number of benzene rings is 3. The highest BCUT2D eigenvalue weighted by Gasteiger charge is 2.36. The second-order valence-electron chi connectivity index (χ2n) is 9.09. The highest BCUT2D eigenvalue weighted by atomic mass is 32.2. The van der Waals surface area contributed by atoms with Gasteiger partial charge in [0.05, 0.1) is 43.7 Å². The summed E-state index contributed by atoms with van der Waals surface area (Å²) in [5.74, 6) is -0.819. The summed E-state index contributed by atoms with van der Waals surface area (Å²) in [6, 6.07) is 20.2. The zero-order chi connectivity index (χ0) is 30.1. The van der Waals surface area contributed by atoms with E-state index in [4.69, 9.17) is 19.2 Å². The Hall–Kier alpha value is -4.64. The third-order valence-electron chi connectivity index (χ3n) is 6.20. The zero-order valence-electron chi connectivity index (χ0n) is 23.5. The molecule has 10 nitrogen and oxygen atoms in total. The minimum Gasteiger partial charge on any atom is -0.497 e. The topological polar surface area (TPSA) is 124 Å². The lowest BCUT2D eigenvalue weighted by molar-refractivity contribution is -0.129. The summed E-state index contributed by atoms with van der Waals surface area (Å²) in [6.45, 7) is 4.24. The molecule has 2 amide bonds. The van der Waals surface area contributed by atoms with E-state index >= 15 is 0 Å². The van der Waals surface area contributed by atoms with Crippen LogP contribution >= 0.6 is 11.8 Å². The van der Waals surface area contributed by atoms with E-state index in [1.165, 1.54) is 11.8 Å². The first-order chi connectivity index (χ1) is 20.3. The number of thioether (sulfide) groups is 1. The quantitative estimate of drug-likeness (QED) is 0.320. The van der Waals surface area contributed by atoms with Gasteiger partial charge in [-0.1, -0.05) is 23.9 Å². The molecule has 3 aromatic rings. The zero-order valence-corrected chi connectivity index (χ0v) is 24.3. The molecule has 1 fully saturated rings. The number of amidine groups is 1. The highest BCUT2D eigenvalue weighted by molar-refractivity contribution is 8.15. The number of anilines is 1. The lowest BCUT2D eigenvalue weighted by Crippen LogP contribution is -2.44. The molecule has 42 heavy (non-hydrogen) atoms. The largest absolute Gasteiger partial charge is 0.497 e. The van der Waals surface area contributed by atoms with E-state index in [1.807, 2.05) is 24.3 Å². The Morgan fingerprint density at radius 1 is 0.881 bits per heavy atom. The van der Waals surface area contributed by atoms with Gasteiger partial charge < -0.3 is 19.5 Å². The molecule has 0 aromatic heterocycles. The number of aliphatic imine (C=N–C) groups is 1. The van der Waals surface area contributed by atoms with E-state index < -0.39 is 17.2 Å². The van der Waals surface area contributed by atoms with Gasteiger partial charge in [0.25, 0.3) is 0 Å². The molecular formula is C31H31N3O7S. The molecule has 218 valence electrons. The first kappa shape index (κ1) is 30.3. The molecule has 1 aliphatic rings. The van der Waals surface area contributed by atoms with Crippen LogP contribution in [0, 0.1) is 0 Å². The van der Waals surface area contributed by atoms with Gasteiger partial charge in [-0.3, -0.25) is 14.5 Å². The van der Waals surface area contributed by atoms with Crippen molar-refractivity contribution in [1.82, 2.24) is 4.90 Å². The summed E-state index contributed by atoms with van der Waals surface area (Å²) in [7, 11) is 1.58. The van der Waals surface area contributed by atoms with E-state index in [9.17, 15) is 19.2 Å². The second-order valence-corrected chi connectivity index (χ2v) is 10.3. The predicted octanol–water partition coefficient (Wildman–Crippen LogP) is 5.21. The SMILES string of the molecule is CCOC(=O)c1ccc(N=C2SC(C(=O)Nc3ccc(C(=O)OCC)cc3)CC(=O)N2Cc2ccc(OC)cc2)cc1. The van der Waals surface area contributed by atoms with Crippen molar-refractivity contribution in [2.75, 3.05) is 25.6 Å². The van der Waals surface area contributed by atoms with Crippen LogP contribution < -0.4 is 10.1 Å². The van der Waals surface area contributed by atoms with E-state index in [-0.39, 0.29) is 38.0 Å². The van der Waals surface area contributed by atoms with Crippen LogP contribution in [0.1, 0.15) is 46.5 Å². The molecule has 0 spiro atoms. The Balaban J connectivity index is 1.55. The molecule has 11 heteroatoms. The van der Waals surface area contributed by atoms with E-state index in [0.717, 1.165) is 5.56 Å².